The molecule has 0 saturated heterocycles. The van der Waals surface area contributed by atoms with Gasteiger partial charge in [-0.1, -0.05) is 40.5 Å². The maximum Gasteiger partial charge on any atom is 0.0743 e. The van der Waals surface area contributed by atoms with E-state index in [0.29, 0.717) is 0 Å². The molecule has 0 bridgehead atoms. The molecule has 2 heteroatoms. The molecule has 0 heterocycles. The van der Waals surface area contributed by atoms with Crippen LogP contribution >= 0.6 is 0 Å². The molecule has 0 aliphatic heterocycles. The average molecular weight is 348 g/mol. The number of methoxy groups -OCH3 is 1. The quantitative estimate of drug-likeness (QED) is 0.714. The van der Waals surface area contributed by atoms with Crippen molar-refractivity contribution in [3.8, 4) is 5.75 Å². The largest absolute Gasteiger partial charge is 0.522 e. The van der Waals surface area contributed by atoms with E-state index < -0.39 is 0 Å². The third kappa shape index (κ3) is 4.07. The third-order valence-electron chi connectivity index (χ3n) is 4.94. The first-order valence-corrected chi connectivity index (χ1v) is 7.58. The summed E-state index contributed by atoms with van der Waals surface area (Å²) in [5.41, 5.74) is 5.45. The van der Waals surface area contributed by atoms with Crippen LogP contribution in [-0.2, 0) is 39.1 Å². The Morgan fingerprint density at radius 3 is 2.20 bits per heavy atom. The van der Waals surface area contributed by atoms with Crippen LogP contribution in [0.2, 0.25) is 0 Å². The zero-order valence-electron chi connectivity index (χ0n) is 13.7. The molecule has 0 spiro atoms. The van der Waals surface area contributed by atoms with Gasteiger partial charge in [-0.3, -0.25) is 0 Å². The first kappa shape index (κ1) is 18.2. The van der Waals surface area contributed by atoms with Gasteiger partial charge in [0.05, 0.1) is 7.11 Å². The number of rotatable bonds is 3. The Kier molecular flexibility index (Phi) is 7.22. The van der Waals surface area contributed by atoms with Crippen LogP contribution in [0.1, 0.15) is 54.9 Å². The molecule has 1 saturated carbocycles. The van der Waals surface area contributed by atoms with Crippen LogP contribution in [0.4, 0.5) is 0 Å². The Morgan fingerprint density at radius 1 is 1.05 bits per heavy atom. The predicted molar refractivity (Wildman–Crippen MR) is 80.9 cm³/mol. The third-order valence-corrected chi connectivity index (χ3v) is 4.94. The fraction of sp³-hybridized carbons (Fsp3) is 0.667. The van der Waals surface area contributed by atoms with Gasteiger partial charge < -0.3 is 4.74 Å². The summed E-state index contributed by atoms with van der Waals surface area (Å²) < 4.78 is 5.47. The van der Waals surface area contributed by atoms with Crippen molar-refractivity contribution in [3.63, 3.8) is 0 Å². The molecular weight excluding hydrogens is 321 g/mol. The van der Waals surface area contributed by atoms with E-state index in [1.54, 1.807) is 7.11 Å². The van der Waals surface area contributed by atoms with Crippen molar-refractivity contribution in [3.05, 3.63) is 28.3 Å². The van der Waals surface area contributed by atoms with Gasteiger partial charge in [0.15, 0.2) is 0 Å². The second-order valence-electron chi connectivity index (χ2n) is 6.34. The molecule has 1 fully saturated rings. The molecular formula is C18H27OY-. The fourth-order valence-corrected chi connectivity index (χ4v) is 3.33. The van der Waals surface area contributed by atoms with Crippen molar-refractivity contribution in [2.75, 3.05) is 7.11 Å². The van der Waals surface area contributed by atoms with Crippen molar-refractivity contribution in [1.29, 1.82) is 0 Å². The van der Waals surface area contributed by atoms with Crippen LogP contribution in [0.3, 0.4) is 0 Å². The maximum absolute atomic E-state index is 5.47. The van der Waals surface area contributed by atoms with E-state index in [-0.39, 0.29) is 32.7 Å². The van der Waals surface area contributed by atoms with Crippen LogP contribution in [0, 0.1) is 38.7 Å². The van der Waals surface area contributed by atoms with E-state index >= 15 is 0 Å². The molecule has 20 heavy (non-hydrogen) atoms. The van der Waals surface area contributed by atoms with Gasteiger partial charge in [-0.15, -0.1) is 17.2 Å². The number of hydrogen-bond acceptors (Lipinski definition) is 1. The van der Waals surface area contributed by atoms with Gasteiger partial charge in [0.25, 0.3) is 0 Å². The molecule has 0 N–H and O–H groups in total. The summed E-state index contributed by atoms with van der Waals surface area (Å²) >= 11 is 0. The summed E-state index contributed by atoms with van der Waals surface area (Å²) in [6, 6.07) is 3.36. The minimum absolute atomic E-state index is 0. The number of hydrogen-bond donors (Lipinski definition) is 0. The standard InChI is InChI=1S/C18H27O.Y/c1-12-6-8-16(9-7-12)11-17-14(3)13(2)10-18(19-5)15(17)4;/h12,16H,6-9,11H2,1-5H3;/q-1;. The van der Waals surface area contributed by atoms with Crippen molar-refractivity contribution in [1.82, 2.24) is 0 Å². The zero-order valence-corrected chi connectivity index (χ0v) is 16.5. The summed E-state index contributed by atoms with van der Waals surface area (Å²) in [6.07, 6.45) is 6.80. The van der Waals surface area contributed by atoms with Crippen LogP contribution in [0.25, 0.3) is 0 Å². The number of ether oxygens (including phenoxy) is 1. The van der Waals surface area contributed by atoms with E-state index in [1.807, 2.05) is 0 Å². The number of aryl methyl sites for hydroxylation is 1. The topological polar surface area (TPSA) is 9.23 Å². The molecule has 0 unspecified atom stereocenters. The summed E-state index contributed by atoms with van der Waals surface area (Å²) in [6.45, 7) is 8.95. The van der Waals surface area contributed by atoms with Gasteiger partial charge in [-0.2, -0.15) is 11.1 Å². The fourth-order valence-electron chi connectivity index (χ4n) is 3.33. The Hall–Kier alpha value is 0.124. The summed E-state index contributed by atoms with van der Waals surface area (Å²) in [4.78, 5) is 0. The van der Waals surface area contributed by atoms with E-state index in [1.165, 1.54) is 54.4 Å². The summed E-state index contributed by atoms with van der Waals surface area (Å²) in [7, 11) is 1.75. The van der Waals surface area contributed by atoms with Crippen molar-refractivity contribution < 1.29 is 37.4 Å². The van der Waals surface area contributed by atoms with E-state index in [9.17, 15) is 0 Å². The molecule has 1 aliphatic rings. The molecule has 1 radical (unpaired) electrons. The first-order valence-electron chi connectivity index (χ1n) is 7.58. The maximum atomic E-state index is 5.47. The van der Waals surface area contributed by atoms with Crippen LogP contribution in [0.15, 0.2) is 0 Å². The molecule has 109 valence electrons. The molecule has 0 atom stereocenters. The molecule has 1 aromatic rings. The van der Waals surface area contributed by atoms with Crippen LogP contribution in [-0.4, -0.2) is 7.11 Å². The molecule has 1 aliphatic carbocycles. The summed E-state index contributed by atoms with van der Waals surface area (Å²) in [5, 5.41) is 0. The van der Waals surface area contributed by atoms with E-state index in [0.717, 1.165) is 17.6 Å². The average Bonchev–Trinajstić information content (AvgIpc) is 2.41. The molecule has 1 nitrogen and oxygen atoms in total. The van der Waals surface area contributed by atoms with Crippen molar-refractivity contribution >= 4 is 0 Å². The second-order valence-corrected chi connectivity index (χ2v) is 6.34. The normalized spacial score (nSPS) is 22.2. The molecule has 2 rings (SSSR count). The molecule has 1 aromatic carbocycles. The Morgan fingerprint density at radius 2 is 1.65 bits per heavy atom. The van der Waals surface area contributed by atoms with E-state index in [4.69, 9.17) is 4.74 Å². The SMILES string of the molecule is COc1[c-]c(C)c(C)c(CC2CCC(C)CC2)c1C.[Y]. The smallest absolute Gasteiger partial charge is 0.0743 e. The predicted octanol–water partition coefficient (Wildman–Crippen LogP) is 4.79. The Labute approximate surface area is 149 Å². The zero-order chi connectivity index (χ0) is 14.0. The summed E-state index contributed by atoms with van der Waals surface area (Å²) in [5.74, 6) is 2.72. The molecule has 0 aromatic heterocycles. The van der Waals surface area contributed by atoms with Gasteiger partial charge in [0.1, 0.15) is 0 Å². The van der Waals surface area contributed by atoms with Gasteiger partial charge in [0.2, 0.25) is 0 Å². The second kappa shape index (κ2) is 7.94. The molecule has 0 amide bonds. The Bertz CT molecular complexity index is 445. The minimum atomic E-state index is 0. The number of benzene rings is 1. The van der Waals surface area contributed by atoms with Gasteiger partial charge >= 0.3 is 0 Å². The van der Waals surface area contributed by atoms with Crippen molar-refractivity contribution in [2.45, 2.75) is 59.8 Å². The van der Waals surface area contributed by atoms with Crippen molar-refractivity contribution in [2.24, 2.45) is 11.8 Å². The van der Waals surface area contributed by atoms with Gasteiger partial charge in [-0.05, 0) is 31.1 Å². The minimum Gasteiger partial charge on any atom is -0.522 e. The monoisotopic (exact) mass is 348 g/mol. The Balaban J connectivity index is 0.00000200. The van der Waals surface area contributed by atoms with E-state index in [2.05, 4.69) is 33.8 Å². The first-order chi connectivity index (χ1) is 9.02. The van der Waals surface area contributed by atoms with Crippen LogP contribution in [0.5, 0.6) is 5.75 Å². The van der Waals surface area contributed by atoms with Gasteiger partial charge in [0, 0.05) is 38.5 Å². The van der Waals surface area contributed by atoms with Gasteiger partial charge in [-0.25, -0.2) is 0 Å². The van der Waals surface area contributed by atoms with Crippen LogP contribution < -0.4 is 4.74 Å².